The smallest absolute Gasteiger partial charge is 0.211 e. The fraction of sp³-hybridized carbons (Fsp3) is 0.533. The molecule has 0 spiro atoms. The summed E-state index contributed by atoms with van der Waals surface area (Å²) >= 11 is 0. The quantitative estimate of drug-likeness (QED) is 0.573. The van der Waals surface area contributed by atoms with Gasteiger partial charge in [0.15, 0.2) is 0 Å². The minimum atomic E-state index is 0.548. The minimum Gasteiger partial charge on any atom is -0.211 e. The zero-order chi connectivity index (χ0) is 11.9. The van der Waals surface area contributed by atoms with Gasteiger partial charge in [-0.15, -0.1) is 0 Å². The van der Waals surface area contributed by atoms with Crippen molar-refractivity contribution in [1.82, 2.24) is 0 Å². The number of hydrogen-bond acceptors (Lipinski definition) is 2. The summed E-state index contributed by atoms with van der Waals surface area (Å²) in [6, 6.07) is 8.83. The molecule has 0 heterocycles. The van der Waals surface area contributed by atoms with Gasteiger partial charge in [-0.2, -0.15) is 0 Å². The molecule has 0 radical (unpaired) electrons. The Labute approximate surface area is 103 Å². The van der Waals surface area contributed by atoms with Gasteiger partial charge in [0.25, 0.3) is 0 Å². The van der Waals surface area contributed by atoms with Crippen molar-refractivity contribution < 1.29 is 4.79 Å². The Hall–Kier alpha value is -1.40. The van der Waals surface area contributed by atoms with Crippen LogP contribution in [0, 0.1) is 0 Å². The lowest BCUT2D eigenvalue weighted by molar-refractivity contribution is 0.443. The van der Waals surface area contributed by atoms with Crippen molar-refractivity contribution in [3.63, 3.8) is 0 Å². The van der Waals surface area contributed by atoms with Crippen LogP contribution in [0.3, 0.4) is 0 Å². The summed E-state index contributed by atoms with van der Waals surface area (Å²) in [5.74, 6) is 0.769. The third-order valence-electron chi connectivity index (χ3n) is 3.63. The molecule has 17 heavy (non-hydrogen) atoms. The van der Waals surface area contributed by atoms with Crippen molar-refractivity contribution >= 4 is 6.08 Å². The molecule has 1 fully saturated rings. The highest BCUT2D eigenvalue weighted by Crippen LogP contribution is 2.32. The van der Waals surface area contributed by atoms with E-state index in [0.29, 0.717) is 6.54 Å². The molecule has 1 aromatic carbocycles. The molecular weight excluding hydrogens is 210 g/mol. The number of aliphatic imine (C=N–C) groups is 1. The number of carbonyl (C=O) groups excluding carboxylic acids is 1. The third-order valence-corrected chi connectivity index (χ3v) is 3.63. The summed E-state index contributed by atoms with van der Waals surface area (Å²) in [5.41, 5.74) is 2.73. The van der Waals surface area contributed by atoms with Crippen LogP contribution in [0.5, 0.6) is 0 Å². The Morgan fingerprint density at radius 2 is 1.82 bits per heavy atom. The Balaban J connectivity index is 1.94. The molecule has 2 heteroatoms. The van der Waals surface area contributed by atoms with E-state index in [1.165, 1.54) is 43.2 Å². The monoisotopic (exact) mass is 229 g/mol. The summed E-state index contributed by atoms with van der Waals surface area (Å²) in [7, 11) is 0. The largest absolute Gasteiger partial charge is 0.234 e. The van der Waals surface area contributed by atoms with E-state index in [0.717, 1.165) is 12.3 Å². The lowest BCUT2D eigenvalue weighted by Crippen LogP contribution is -2.04. The highest BCUT2D eigenvalue weighted by Gasteiger charge is 2.14. The second kappa shape index (κ2) is 6.36. The average Bonchev–Trinajstić information content (AvgIpc) is 2.41. The standard InChI is InChI=1S/C15H19NO/c17-12-16-11-10-13-6-8-15(9-7-13)14-4-2-1-3-5-14/h6-9,14H,1-5,10-11H2. The van der Waals surface area contributed by atoms with Crippen LogP contribution in [-0.2, 0) is 11.2 Å². The molecular formula is C15H19NO. The Kier molecular flexibility index (Phi) is 4.52. The first-order valence-corrected chi connectivity index (χ1v) is 6.52. The van der Waals surface area contributed by atoms with Gasteiger partial charge >= 0.3 is 0 Å². The van der Waals surface area contributed by atoms with Gasteiger partial charge in [-0.25, -0.2) is 9.79 Å². The summed E-state index contributed by atoms with van der Waals surface area (Å²) in [6.45, 7) is 0.548. The van der Waals surface area contributed by atoms with Crippen LogP contribution >= 0.6 is 0 Å². The lowest BCUT2D eigenvalue weighted by Gasteiger charge is -2.22. The molecule has 2 rings (SSSR count). The maximum Gasteiger partial charge on any atom is 0.234 e. The molecule has 1 aromatic rings. The number of nitrogens with zero attached hydrogens (tertiary/aromatic N) is 1. The normalized spacial score (nSPS) is 16.5. The molecule has 0 aromatic heterocycles. The van der Waals surface area contributed by atoms with Crippen LogP contribution < -0.4 is 0 Å². The van der Waals surface area contributed by atoms with E-state index >= 15 is 0 Å². The first-order chi connectivity index (χ1) is 8.40. The van der Waals surface area contributed by atoms with E-state index in [-0.39, 0.29) is 0 Å². The Bertz CT molecular complexity index is 384. The molecule has 1 aliphatic rings. The second-order valence-electron chi connectivity index (χ2n) is 4.80. The van der Waals surface area contributed by atoms with Gasteiger partial charge in [-0.3, -0.25) is 0 Å². The Morgan fingerprint density at radius 1 is 1.12 bits per heavy atom. The maximum atomic E-state index is 9.96. The van der Waals surface area contributed by atoms with Crippen molar-refractivity contribution in [2.24, 2.45) is 4.99 Å². The molecule has 90 valence electrons. The topological polar surface area (TPSA) is 29.4 Å². The molecule has 0 N–H and O–H groups in total. The van der Waals surface area contributed by atoms with Gasteiger partial charge in [0, 0.05) is 0 Å². The van der Waals surface area contributed by atoms with E-state index < -0.39 is 0 Å². The summed E-state index contributed by atoms with van der Waals surface area (Å²) in [4.78, 5) is 13.5. The molecule has 1 saturated carbocycles. The van der Waals surface area contributed by atoms with Crippen molar-refractivity contribution in [2.75, 3.05) is 6.54 Å². The molecule has 1 aliphatic carbocycles. The van der Waals surface area contributed by atoms with Gasteiger partial charge in [0.1, 0.15) is 0 Å². The van der Waals surface area contributed by atoms with E-state index in [2.05, 4.69) is 29.3 Å². The van der Waals surface area contributed by atoms with Gasteiger partial charge in [-0.1, -0.05) is 43.5 Å². The van der Waals surface area contributed by atoms with E-state index in [1.807, 2.05) is 0 Å². The average molecular weight is 229 g/mol. The summed E-state index contributed by atoms with van der Waals surface area (Å²) in [6.07, 6.45) is 9.25. The fourth-order valence-electron chi connectivity index (χ4n) is 2.62. The van der Waals surface area contributed by atoms with Gasteiger partial charge in [-0.05, 0) is 36.3 Å². The first-order valence-electron chi connectivity index (χ1n) is 6.52. The van der Waals surface area contributed by atoms with E-state index in [1.54, 1.807) is 6.08 Å². The summed E-state index contributed by atoms with van der Waals surface area (Å²) < 4.78 is 0. The highest BCUT2D eigenvalue weighted by atomic mass is 16.1. The third kappa shape index (κ3) is 3.54. The number of isocyanates is 1. The fourth-order valence-corrected chi connectivity index (χ4v) is 2.62. The number of hydrogen-bond donors (Lipinski definition) is 0. The second-order valence-corrected chi connectivity index (χ2v) is 4.80. The molecule has 0 saturated heterocycles. The van der Waals surface area contributed by atoms with Crippen LogP contribution in [0.15, 0.2) is 29.3 Å². The number of rotatable bonds is 4. The number of benzene rings is 1. The van der Waals surface area contributed by atoms with Crippen molar-refractivity contribution in [2.45, 2.75) is 44.4 Å². The lowest BCUT2D eigenvalue weighted by atomic mass is 9.84. The zero-order valence-corrected chi connectivity index (χ0v) is 10.2. The van der Waals surface area contributed by atoms with Crippen LogP contribution in [0.1, 0.15) is 49.1 Å². The molecule has 2 nitrogen and oxygen atoms in total. The summed E-state index contributed by atoms with van der Waals surface area (Å²) in [5, 5.41) is 0. The zero-order valence-electron chi connectivity index (χ0n) is 10.2. The highest BCUT2D eigenvalue weighted by molar-refractivity contribution is 5.33. The molecule has 0 atom stereocenters. The predicted molar refractivity (Wildman–Crippen MR) is 69.0 cm³/mol. The molecule has 0 aliphatic heterocycles. The SMILES string of the molecule is O=C=NCCc1ccc(C2CCCCC2)cc1. The first kappa shape index (κ1) is 12.1. The minimum absolute atomic E-state index is 0.548. The van der Waals surface area contributed by atoms with Crippen LogP contribution in [-0.4, -0.2) is 12.6 Å². The maximum absolute atomic E-state index is 9.96. The van der Waals surface area contributed by atoms with Crippen LogP contribution in [0.2, 0.25) is 0 Å². The van der Waals surface area contributed by atoms with E-state index in [9.17, 15) is 4.79 Å². The Morgan fingerprint density at radius 3 is 2.47 bits per heavy atom. The molecule has 0 unspecified atom stereocenters. The van der Waals surface area contributed by atoms with E-state index in [4.69, 9.17) is 0 Å². The van der Waals surface area contributed by atoms with Crippen molar-refractivity contribution in [1.29, 1.82) is 0 Å². The van der Waals surface area contributed by atoms with Crippen molar-refractivity contribution in [3.8, 4) is 0 Å². The van der Waals surface area contributed by atoms with Gasteiger partial charge in [0.2, 0.25) is 6.08 Å². The van der Waals surface area contributed by atoms with Gasteiger partial charge in [0.05, 0.1) is 6.54 Å². The molecule has 0 bridgehead atoms. The van der Waals surface area contributed by atoms with Crippen LogP contribution in [0.4, 0.5) is 0 Å². The molecule has 0 amide bonds. The predicted octanol–water partition coefficient (Wildman–Crippen LogP) is 3.61. The van der Waals surface area contributed by atoms with Crippen LogP contribution in [0.25, 0.3) is 0 Å². The van der Waals surface area contributed by atoms with Gasteiger partial charge < -0.3 is 0 Å². The van der Waals surface area contributed by atoms with Crippen molar-refractivity contribution in [3.05, 3.63) is 35.4 Å².